The molecule has 0 aromatic rings. The van der Waals surface area contributed by atoms with E-state index in [1.165, 1.54) is 6.92 Å². The second kappa shape index (κ2) is 4.08. The Morgan fingerprint density at radius 2 is 2.09 bits per heavy atom. The van der Waals surface area contributed by atoms with E-state index in [0.717, 1.165) is 0 Å². The fourth-order valence-electron chi connectivity index (χ4n) is 0.997. The van der Waals surface area contributed by atoms with Gasteiger partial charge in [0.25, 0.3) is 0 Å². The molecule has 4 N–H and O–H groups in total. The average molecular weight is 159 g/mol. The lowest BCUT2D eigenvalue weighted by Crippen LogP contribution is -2.87. The number of aliphatic carboxylic acids is 1. The lowest BCUT2D eigenvalue weighted by Gasteiger charge is -2.14. The zero-order valence-corrected chi connectivity index (χ0v) is 7.09. The van der Waals surface area contributed by atoms with Gasteiger partial charge in [-0.25, -0.2) is 0 Å². The van der Waals surface area contributed by atoms with Crippen LogP contribution in [0.4, 0.5) is 0 Å². The topological polar surface area (TPSA) is 77.8 Å². The third kappa shape index (κ3) is 2.67. The van der Waals surface area contributed by atoms with Gasteiger partial charge < -0.3 is 15.8 Å². The second-order valence-electron chi connectivity index (χ2n) is 2.69. The van der Waals surface area contributed by atoms with Crippen molar-refractivity contribution in [2.75, 3.05) is 7.05 Å². The van der Waals surface area contributed by atoms with E-state index in [-0.39, 0.29) is 11.8 Å². The molecular weight excluding hydrogens is 144 g/mol. The molecule has 0 aliphatic rings. The molecule has 4 nitrogen and oxygen atoms in total. The summed E-state index contributed by atoms with van der Waals surface area (Å²) < 4.78 is 0. The molecule has 2 atom stereocenters. The van der Waals surface area contributed by atoms with Gasteiger partial charge in [0.1, 0.15) is 12.0 Å². The van der Waals surface area contributed by atoms with E-state index in [1.807, 2.05) is 7.05 Å². The van der Waals surface area contributed by atoms with Gasteiger partial charge in [0, 0.05) is 5.71 Å². The molecule has 0 saturated carbocycles. The molecule has 4 heteroatoms. The van der Waals surface area contributed by atoms with Gasteiger partial charge in [0.15, 0.2) is 0 Å². The number of carboxylic acids is 1. The highest BCUT2D eigenvalue weighted by atomic mass is 16.4. The van der Waals surface area contributed by atoms with Crippen molar-refractivity contribution < 1.29 is 15.2 Å². The number of hydrogen-bond donors (Lipinski definition) is 3. The van der Waals surface area contributed by atoms with Gasteiger partial charge in [-0.2, -0.15) is 0 Å². The summed E-state index contributed by atoms with van der Waals surface area (Å²) in [6.45, 7) is 3.33. The summed E-state index contributed by atoms with van der Waals surface area (Å²) in [5.41, 5.74) is 0.211. The molecule has 0 aliphatic heterocycles. The Balaban J connectivity index is 4.34. The zero-order chi connectivity index (χ0) is 9.02. The van der Waals surface area contributed by atoms with Gasteiger partial charge in [-0.15, -0.1) is 0 Å². The van der Waals surface area contributed by atoms with Crippen molar-refractivity contribution in [3.05, 3.63) is 0 Å². The Morgan fingerprint density at radius 3 is 2.18 bits per heavy atom. The van der Waals surface area contributed by atoms with Crippen LogP contribution >= 0.6 is 0 Å². The summed E-state index contributed by atoms with van der Waals surface area (Å²) >= 11 is 0. The molecule has 0 radical (unpaired) electrons. The van der Waals surface area contributed by atoms with Gasteiger partial charge >= 0.3 is 5.97 Å². The fraction of sp³-hybridized carbons (Fsp3) is 0.714. The molecule has 1 unspecified atom stereocenters. The number of rotatable bonds is 4. The normalized spacial score (nSPS) is 15.5. The minimum absolute atomic E-state index is 0.0648. The summed E-state index contributed by atoms with van der Waals surface area (Å²) in [5, 5.41) is 17.7. The lowest BCUT2D eigenvalue weighted by molar-refractivity contribution is -0.662. The number of nitrogens with two attached hydrogens (primary N) is 1. The van der Waals surface area contributed by atoms with E-state index in [9.17, 15) is 4.79 Å². The van der Waals surface area contributed by atoms with Crippen molar-refractivity contribution in [2.45, 2.75) is 19.9 Å². The number of carbonyl (C=O) groups is 1. The smallest absolute Gasteiger partial charge is 0.318 e. The first-order valence-electron chi connectivity index (χ1n) is 3.58. The van der Waals surface area contributed by atoms with Crippen LogP contribution in [0.3, 0.4) is 0 Å². The molecule has 0 rings (SSSR count). The number of quaternary nitrogens is 1. The highest BCUT2D eigenvalue weighted by Crippen LogP contribution is 2.01. The average Bonchev–Trinajstić information content (AvgIpc) is 1.85. The van der Waals surface area contributed by atoms with Crippen LogP contribution in [0.25, 0.3) is 0 Å². The second-order valence-corrected chi connectivity index (χ2v) is 2.69. The van der Waals surface area contributed by atoms with E-state index in [1.54, 1.807) is 12.2 Å². The van der Waals surface area contributed by atoms with Crippen LogP contribution in [0.1, 0.15) is 13.8 Å². The van der Waals surface area contributed by atoms with Crippen LogP contribution in [-0.4, -0.2) is 29.9 Å². The van der Waals surface area contributed by atoms with Crippen LogP contribution in [0.2, 0.25) is 0 Å². The Kier molecular flexibility index (Phi) is 3.74. The van der Waals surface area contributed by atoms with Crippen molar-refractivity contribution in [2.24, 2.45) is 5.92 Å². The van der Waals surface area contributed by atoms with Crippen LogP contribution in [-0.2, 0) is 4.79 Å². The Bertz CT molecular complexity index is 154. The molecule has 0 bridgehead atoms. The molecule has 0 saturated heterocycles. The SMILES string of the molecule is C[NH2+][C@@H](C)C(C(C)=N)C(=O)O. The summed E-state index contributed by atoms with van der Waals surface area (Å²) in [5.74, 6) is -1.57. The molecule has 0 spiro atoms. The van der Waals surface area contributed by atoms with Crippen molar-refractivity contribution in [3.8, 4) is 0 Å². The molecule has 64 valence electrons. The van der Waals surface area contributed by atoms with Crippen molar-refractivity contribution >= 4 is 11.7 Å². The van der Waals surface area contributed by atoms with Crippen molar-refractivity contribution in [1.82, 2.24) is 0 Å². The van der Waals surface area contributed by atoms with E-state index in [4.69, 9.17) is 10.5 Å². The maximum Gasteiger partial charge on any atom is 0.318 e. The Hall–Kier alpha value is -0.900. The van der Waals surface area contributed by atoms with Gasteiger partial charge in [0.2, 0.25) is 0 Å². The Labute approximate surface area is 66.1 Å². The summed E-state index contributed by atoms with van der Waals surface area (Å²) in [4.78, 5) is 10.6. The zero-order valence-electron chi connectivity index (χ0n) is 7.09. The summed E-state index contributed by atoms with van der Waals surface area (Å²) in [6, 6.07) is -0.0648. The molecular formula is C7H15N2O2+. The molecule has 0 heterocycles. The van der Waals surface area contributed by atoms with E-state index in [0.29, 0.717) is 0 Å². The maximum atomic E-state index is 10.6. The van der Waals surface area contributed by atoms with E-state index >= 15 is 0 Å². The predicted molar refractivity (Wildman–Crippen MR) is 41.8 cm³/mol. The summed E-state index contributed by atoms with van der Waals surface area (Å²) in [6.07, 6.45) is 0. The molecule has 0 aromatic heterocycles. The van der Waals surface area contributed by atoms with Gasteiger partial charge in [-0.3, -0.25) is 4.79 Å². The number of hydrogen-bond acceptors (Lipinski definition) is 2. The number of nitrogens with one attached hydrogen (secondary N) is 1. The number of carboxylic acid groups (broad SMARTS) is 1. The quantitative estimate of drug-likeness (QED) is 0.475. The first-order valence-corrected chi connectivity index (χ1v) is 3.58. The van der Waals surface area contributed by atoms with Crippen LogP contribution in [0, 0.1) is 11.3 Å². The van der Waals surface area contributed by atoms with Crippen LogP contribution in [0.15, 0.2) is 0 Å². The van der Waals surface area contributed by atoms with Crippen LogP contribution in [0.5, 0.6) is 0 Å². The minimum Gasteiger partial charge on any atom is -0.481 e. The lowest BCUT2D eigenvalue weighted by atomic mass is 9.97. The van der Waals surface area contributed by atoms with Crippen molar-refractivity contribution in [1.29, 1.82) is 5.41 Å². The highest BCUT2D eigenvalue weighted by Gasteiger charge is 2.28. The molecule has 0 fully saturated rings. The van der Waals surface area contributed by atoms with Gasteiger partial charge in [0.05, 0.1) is 7.05 Å². The largest absolute Gasteiger partial charge is 0.481 e. The minimum atomic E-state index is -0.914. The fourth-order valence-corrected chi connectivity index (χ4v) is 0.997. The van der Waals surface area contributed by atoms with Crippen molar-refractivity contribution in [3.63, 3.8) is 0 Å². The Morgan fingerprint density at radius 1 is 1.64 bits per heavy atom. The third-order valence-corrected chi connectivity index (χ3v) is 1.78. The van der Waals surface area contributed by atoms with Gasteiger partial charge in [-0.1, -0.05) is 0 Å². The molecule has 0 aliphatic carbocycles. The third-order valence-electron chi connectivity index (χ3n) is 1.78. The molecule has 0 amide bonds. The standard InChI is InChI=1S/C7H14N2O2/c1-4(8)6(7(10)11)5(2)9-3/h5-6,8-9H,1-3H3,(H,10,11)/p+1/t5-,6?/m0/s1. The maximum absolute atomic E-state index is 10.6. The monoisotopic (exact) mass is 159 g/mol. The first-order chi connectivity index (χ1) is 5.00. The first kappa shape index (κ1) is 10.1. The predicted octanol–water partition coefficient (Wildman–Crippen LogP) is -0.691. The summed E-state index contributed by atoms with van der Waals surface area (Å²) in [7, 11) is 1.81. The van der Waals surface area contributed by atoms with E-state index < -0.39 is 11.9 Å². The molecule has 11 heavy (non-hydrogen) atoms. The highest BCUT2D eigenvalue weighted by molar-refractivity contribution is 5.98. The van der Waals surface area contributed by atoms with Crippen LogP contribution < -0.4 is 5.32 Å². The van der Waals surface area contributed by atoms with E-state index in [2.05, 4.69) is 0 Å². The van der Waals surface area contributed by atoms with Gasteiger partial charge in [-0.05, 0) is 13.8 Å². The molecule has 0 aromatic carbocycles.